The number of pyridine rings is 1. The lowest BCUT2D eigenvalue weighted by atomic mass is 10.1. The molecule has 0 bridgehead atoms. The van der Waals surface area contributed by atoms with Crippen molar-refractivity contribution in [2.75, 3.05) is 26.7 Å². The number of urea groups is 1. The maximum absolute atomic E-state index is 11.9. The topological polar surface area (TPSA) is 56.7 Å². The second-order valence-corrected chi connectivity index (χ2v) is 4.22. The maximum atomic E-state index is 11.9. The molecule has 92 valence electrons. The Bertz CT molecular complexity index is 383. The Labute approximate surface area is 101 Å². The maximum Gasteiger partial charge on any atom is 0.320 e. The fraction of sp³-hybridized carbons (Fsp3) is 0.500. The number of aromatic nitrogens is 1. The third kappa shape index (κ3) is 2.39. The third-order valence-corrected chi connectivity index (χ3v) is 3.09. The van der Waals surface area contributed by atoms with Gasteiger partial charge in [0.05, 0.1) is 6.04 Å². The number of hydrogen-bond acceptors (Lipinski definition) is 3. The summed E-state index contributed by atoms with van der Waals surface area (Å²) < 4.78 is 0. The molecule has 0 aromatic carbocycles. The number of aliphatic hydroxyl groups is 1. The Morgan fingerprint density at radius 3 is 3.06 bits per heavy atom. The summed E-state index contributed by atoms with van der Waals surface area (Å²) in [4.78, 5) is 19.5. The number of hydrogen-bond donors (Lipinski definition) is 1. The molecule has 0 saturated carbocycles. The van der Waals surface area contributed by atoms with Crippen molar-refractivity contribution in [2.45, 2.75) is 12.5 Å². The first-order valence-corrected chi connectivity index (χ1v) is 5.76. The predicted molar refractivity (Wildman–Crippen MR) is 63.4 cm³/mol. The second kappa shape index (κ2) is 5.14. The molecule has 1 aliphatic rings. The van der Waals surface area contributed by atoms with Gasteiger partial charge in [-0.25, -0.2) is 4.79 Å². The predicted octanol–water partition coefficient (Wildman–Crippen LogP) is 0.873. The van der Waals surface area contributed by atoms with Gasteiger partial charge in [-0.3, -0.25) is 4.98 Å². The molecule has 1 saturated heterocycles. The van der Waals surface area contributed by atoms with Gasteiger partial charge in [-0.05, 0) is 18.1 Å². The Kier molecular flexibility index (Phi) is 3.58. The number of amides is 2. The van der Waals surface area contributed by atoms with E-state index >= 15 is 0 Å². The second-order valence-electron chi connectivity index (χ2n) is 4.22. The van der Waals surface area contributed by atoms with Gasteiger partial charge in [-0.2, -0.15) is 0 Å². The van der Waals surface area contributed by atoms with Crippen LogP contribution in [0.2, 0.25) is 0 Å². The zero-order valence-electron chi connectivity index (χ0n) is 9.91. The summed E-state index contributed by atoms with van der Waals surface area (Å²) in [6.45, 7) is 1.39. The first-order valence-electron chi connectivity index (χ1n) is 5.76. The monoisotopic (exact) mass is 235 g/mol. The fourth-order valence-electron chi connectivity index (χ4n) is 2.12. The van der Waals surface area contributed by atoms with Gasteiger partial charge in [-0.15, -0.1) is 0 Å². The van der Waals surface area contributed by atoms with Crippen molar-refractivity contribution in [3.63, 3.8) is 0 Å². The Morgan fingerprint density at radius 2 is 2.41 bits per heavy atom. The molecule has 0 spiro atoms. The minimum atomic E-state index is 0.0207. The summed E-state index contributed by atoms with van der Waals surface area (Å²) in [6.07, 6.45) is 4.15. The number of aliphatic hydroxyl groups excluding tert-OH is 1. The number of likely N-dealkylation sites (N-methyl/N-ethyl adjacent to an activating group) is 1. The van der Waals surface area contributed by atoms with Crippen LogP contribution in [0.5, 0.6) is 0 Å². The first kappa shape index (κ1) is 11.9. The van der Waals surface area contributed by atoms with Gasteiger partial charge < -0.3 is 14.9 Å². The highest BCUT2D eigenvalue weighted by Crippen LogP contribution is 2.27. The third-order valence-electron chi connectivity index (χ3n) is 3.09. The number of rotatable bonds is 4. The minimum absolute atomic E-state index is 0.0207. The number of carbonyl (C=O) groups is 1. The molecule has 1 aromatic heterocycles. The lowest BCUT2D eigenvalue weighted by molar-refractivity contribution is 0.191. The Balaban J connectivity index is 2.09. The van der Waals surface area contributed by atoms with Gasteiger partial charge in [0.2, 0.25) is 0 Å². The molecule has 1 aliphatic heterocycles. The fourth-order valence-corrected chi connectivity index (χ4v) is 2.12. The molecule has 1 N–H and O–H groups in total. The largest absolute Gasteiger partial charge is 0.396 e. The van der Waals surface area contributed by atoms with Gasteiger partial charge in [0, 0.05) is 39.1 Å². The van der Waals surface area contributed by atoms with Crippen molar-refractivity contribution in [1.82, 2.24) is 14.8 Å². The van der Waals surface area contributed by atoms with E-state index in [-0.39, 0.29) is 18.7 Å². The summed E-state index contributed by atoms with van der Waals surface area (Å²) in [5.41, 5.74) is 1.05. The van der Waals surface area contributed by atoms with E-state index in [0.29, 0.717) is 19.5 Å². The van der Waals surface area contributed by atoms with Crippen LogP contribution in [-0.4, -0.2) is 52.7 Å². The summed E-state index contributed by atoms with van der Waals surface area (Å²) in [6, 6.07) is 3.95. The van der Waals surface area contributed by atoms with E-state index in [4.69, 9.17) is 5.11 Å². The first-order chi connectivity index (χ1) is 8.24. The Hall–Kier alpha value is -1.62. The van der Waals surface area contributed by atoms with E-state index in [1.165, 1.54) is 0 Å². The van der Waals surface area contributed by atoms with Crippen molar-refractivity contribution in [2.24, 2.45) is 0 Å². The standard InChI is InChI=1S/C12H17N3O2/c1-14-11(10-4-2-5-13-8-10)9-15(12(14)17)6-3-7-16/h2,4-5,8,11,16H,3,6-7,9H2,1H3. The smallest absolute Gasteiger partial charge is 0.320 e. The highest BCUT2D eigenvalue weighted by atomic mass is 16.3. The van der Waals surface area contributed by atoms with Crippen LogP contribution >= 0.6 is 0 Å². The summed E-state index contributed by atoms with van der Waals surface area (Å²) >= 11 is 0. The zero-order chi connectivity index (χ0) is 12.3. The molecule has 1 atom stereocenters. The van der Waals surface area contributed by atoms with Crippen molar-refractivity contribution < 1.29 is 9.90 Å². The molecular formula is C12H17N3O2. The van der Waals surface area contributed by atoms with Crippen LogP contribution in [0.1, 0.15) is 18.0 Å². The van der Waals surface area contributed by atoms with Gasteiger partial charge in [0.15, 0.2) is 0 Å². The van der Waals surface area contributed by atoms with Crippen LogP contribution in [0.3, 0.4) is 0 Å². The van der Waals surface area contributed by atoms with Crippen LogP contribution < -0.4 is 0 Å². The van der Waals surface area contributed by atoms with Crippen LogP contribution in [0.4, 0.5) is 4.79 Å². The zero-order valence-corrected chi connectivity index (χ0v) is 9.91. The van der Waals surface area contributed by atoms with E-state index in [2.05, 4.69) is 4.98 Å². The quantitative estimate of drug-likeness (QED) is 0.842. The molecular weight excluding hydrogens is 218 g/mol. The van der Waals surface area contributed by atoms with Gasteiger partial charge in [0.1, 0.15) is 0 Å². The average molecular weight is 235 g/mol. The number of nitrogens with zero attached hydrogens (tertiary/aromatic N) is 3. The van der Waals surface area contributed by atoms with Gasteiger partial charge >= 0.3 is 6.03 Å². The van der Waals surface area contributed by atoms with Crippen LogP contribution in [0, 0.1) is 0 Å². The summed E-state index contributed by atoms with van der Waals surface area (Å²) in [7, 11) is 1.80. The molecule has 2 heterocycles. The number of carbonyl (C=O) groups excluding carboxylic acids is 1. The van der Waals surface area contributed by atoms with E-state index in [1.807, 2.05) is 12.1 Å². The lowest BCUT2D eigenvalue weighted by Gasteiger charge is -2.17. The van der Waals surface area contributed by atoms with Crippen molar-refractivity contribution >= 4 is 6.03 Å². The molecule has 2 amide bonds. The van der Waals surface area contributed by atoms with Crippen molar-refractivity contribution in [3.05, 3.63) is 30.1 Å². The normalized spacial score (nSPS) is 20.1. The molecule has 5 heteroatoms. The molecule has 1 aromatic rings. The van der Waals surface area contributed by atoms with Crippen molar-refractivity contribution in [1.29, 1.82) is 0 Å². The Morgan fingerprint density at radius 1 is 1.59 bits per heavy atom. The minimum Gasteiger partial charge on any atom is -0.396 e. The molecule has 1 unspecified atom stereocenters. The molecule has 5 nitrogen and oxygen atoms in total. The average Bonchev–Trinajstić information content (AvgIpc) is 2.65. The van der Waals surface area contributed by atoms with Crippen LogP contribution in [0.15, 0.2) is 24.5 Å². The molecule has 1 fully saturated rings. The van der Waals surface area contributed by atoms with Crippen LogP contribution in [0.25, 0.3) is 0 Å². The van der Waals surface area contributed by atoms with Crippen LogP contribution in [-0.2, 0) is 0 Å². The van der Waals surface area contributed by atoms with Crippen molar-refractivity contribution in [3.8, 4) is 0 Å². The molecule has 2 rings (SSSR count). The van der Waals surface area contributed by atoms with E-state index in [1.54, 1.807) is 29.2 Å². The highest BCUT2D eigenvalue weighted by Gasteiger charge is 2.34. The van der Waals surface area contributed by atoms with E-state index < -0.39 is 0 Å². The SMILES string of the molecule is CN1C(=O)N(CCCO)CC1c1cccnc1. The van der Waals surface area contributed by atoms with E-state index in [0.717, 1.165) is 5.56 Å². The van der Waals surface area contributed by atoms with Gasteiger partial charge in [0.25, 0.3) is 0 Å². The van der Waals surface area contributed by atoms with Gasteiger partial charge in [-0.1, -0.05) is 6.07 Å². The van der Waals surface area contributed by atoms with E-state index in [9.17, 15) is 4.79 Å². The highest BCUT2D eigenvalue weighted by molar-refractivity contribution is 5.77. The molecule has 0 radical (unpaired) electrons. The summed E-state index contributed by atoms with van der Waals surface area (Å²) in [5, 5.41) is 8.80. The lowest BCUT2D eigenvalue weighted by Crippen LogP contribution is -2.30. The summed E-state index contributed by atoms with van der Waals surface area (Å²) in [5.74, 6) is 0. The molecule has 0 aliphatic carbocycles. The molecule has 17 heavy (non-hydrogen) atoms.